The highest BCUT2D eigenvalue weighted by molar-refractivity contribution is 5.03. The Hall–Kier alpha value is -0.760. The molecule has 6 heteroatoms. The van der Waals surface area contributed by atoms with E-state index in [0.717, 1.165) is 24.9 Å². The monoisotopic (exact) mass is 713 g/mol. The van der Waals surface area contributed by atoms with Crippen LogP contribution in [0.3, 0.4) is 0 Å². The third-order valence-electron chi connectivity index (χ3n) is 9.02. The Balaban J connectivity index is -0.000000158. The molecule has 5 heterocycles. The van der Waals surface area contributed by atoms with Crippen LogP contribution in [0.25, 0.3) is 0 Å². The van der Waals surface area contributed by atoms with E-state index in [1.165, 1.54) is 104 Å². The van der Waals surface area contributed by atoms with Gasteiger partial charge in [0.05, 0.1) is 0 Å². The molecule has 0 aromatic heterocycles. The molecular weight excluding hydrogens is 613 g/mol. The molecule has 5 aliphatic heterocycles. The third-order valence-corrected chi connectivity index (χ3v) is 9.02. The molecule has 306 valence electrons. The lowest BCUT2D eigenvalue weighted by molar-refractivity contribution is 0.181. The van der Waals surface area contributed by atoms with Gasteiger partial charge in [0.15, 0.2) is 0 Å². The topological polar surface area (TPSA) is 19.4 Å². The molecule has 0 amide bonds. The van der Waals surface area contributed by atoms with Gasteiger partial charge in [-0.3, -0.25) is 0 Å². The smallest absolute Gasteiger partial charge is 0.0162 e. The molecule has 0 bridgehead atoms. The summed E-state index contributed by atoms with van der Waals surface area (Å²) in [7, 11) is 13.1. The Kier molecular flexibility index (Phi) is 52.0. The average molecular weight is 713 g/mol. The van der Waals surface area contributed by atoms with E-state index in [1.54, 1.807) is 11.1 Å². The fourth-order valence-corrected chi connectivity index (χ4v) is 4.93. The van der Waals surface area contributed by atoms with E-state index in [-0.39, 0.29) is 0 Å². The Morgan fingerprint density at radius 1 is 0.360 bits per heavy atom. The first-order chi connectivity index (χ1) is 23.9. The summed E-state index contributed by atoms with van der Waals surface area (Å²) in [6.45, 7) is 44.0. The van der Waals surface area contributed by atoms with Crippen molar-refractivity contribution in [2.75, 3.05) is 121 Å². The van der Waals surface area contributed by atoms with Crippen molar-refractivity contribution in [2.24, 2.45) is 11.8 Å². The number of rotatable bonds is 0. The van der Waals surface area contributed by atoms with E-state index in [4.69, 9.17) is 0 Å². The van der Waals surface area contributed by atoms with Crippen LogP contribution in [0.1, 0.15) is 135 Å². The summed E-state index contributed by atoms with van der Waals surface area (Å²) in [5, 5.41) is 0. The van der Waals surface area contributed by atoms with E-state index < -0.39 is 0 Å². The lowest BCUT2D eigenvalue weighted by Crippen LogP contribution is -2.42. The Bertz CT molecular complexity index is 564. The van der Waals surface area contributed by atoms with Gasteiger partial charge >= 0.3 is 0 Å². The molecule has 0 aliphatic carbocycles. The zero-order valence-electron chi connectivity index (χ0n) is 38.7. The normalized spacial score (nSPS) is 20.6. The molecule has 5 rings (SSSR count). The SMILES string of the molecule is CC.CC.CC.CC.CC.CC1=CCN(C)CC1.CC1=CCN(C)CC1.CC1CCN(C)CC1.CC1CCN(C)CC1.CN1CCN(C)CC1. The molecule has 0 aromatic carbocycles. The van der Waals surface area contributed by atoms with Gasteiger partial charge in [0, 0.05) is 52.4 Å². The molecule has 0 spiro atoms. The highest BCUT2D eigenvalue weighted by Gasteiger charge is 2.12. The highest BCUT2D eigenvalue weighted by Crippen LogP contribution is 2.14. The molecule has 3 fully saturated rings. The summed E-state index contributed by atoms with van der Waals surface area (Å²) >= 11 is 0. The fourth-order valence-electron chi connectivity index (χ4n) is 4.93. The first-order valence-corrected chi connectivity index (χ1v) is 21.4. The van der Waals surface area contributed by atoms with Crippen molar-refractivity contribution < 1.29 is 0 Å². The summed E-state index contributed by atoms with van der Waals surface area (Å²) < 4.78 is 0. The van der Waals surface area contributed by atoms with E-state index in [9.17, 15) is 0 Å². The van der Waals surface area contributed by atoms with Crippen LogP contribution < -0.4 is 0 Å². The molecule has 0 saturated carbocycles. The van der Waals surface area contributed by atoms with Crippen molar-refractivity contribution in [1.29, 1.82) is 0 Å². The molecule has 3 saturated heterocycles. The first kappa shape index (κ1) is 58.5. The summed E-state index contributed by atoms with van der Waals surface area (Å²) in [6.07, 6.45) is 12.7. The quantitative estimate of drug-likeness (QED) is 0.231. The molecule has 0 radical (unpaired) electrons. The zero-order valence-corrected chi connectivity index (χ0v) is 38.7. The second-order valence-electron chi connectivity index (χ2n) is 13.7. The maximum atomic E-state index is 2.40. The summed E-state index contributed by atoms with van der Waals surface area (Å²) in [4.78, 5) is 14.2. The van der Waals surface area contributed by atoms with Crippen molar-refractivity contribution >= 4 is 0 Å². The molecule has 0 atom stereocenters. The van der Waals surface area contributed by atoms with Crippen molar-refractivity contribution in [3.8, 4) is 0 Å². The number of piperidine rings is 2. The minimum atomic E-state index is 0.978. The largest absolute Gasteiger partial charge is 0.306 e. The fraction of sp³-hybridized carbons (Fsp3) is 0.909. The van der Waals surface area contributed by atoms with E-state index >= 15 is 0 Å². The predicted molar refractivity (Wildman–Crippen MR) is 235 cm³/mol. The van der Waals surface area contributed by atoms with E-state index in [1.807, 2.05) is 69.2 Å². The predicted octanol–water partition coefficient (Wildman–Crippen LogP) is 10.2. The Labute approximate surface area is 320 Å². The van der Waals surface area contributed by atoms with Gasteiger partial charge in [0.1, 0.15) is 0 Å². The van der Waals surface area contributed by atoms with Crippen LogP contribution in [-0.4, -0.2) is 150 Å². The number of hydrogen-bond donors (Lipinski definition) is 0. The van der Waals surface area contributed by atoms with Gasteiger partial charge in [-0.25, -0.2) is 0 Å². The van der Waals surface area contributed by atoms with Gasteiger partial charge < -0.3 is 29.4 Å². The van der Waals surface area contributed by atoms with Crippen LogP contribution in [0.15, 0.2) is 23.3 Å². The maximum Gasteiger partial charge on any atom is 0.0162 e. The number of likely N-dealkylation sites (N-methyl/N-ethyl adjacent to an activating group) is 4. The molecule has 0 aromatic rings. The minimum Gasteiger partial charge on any atom is -0.306 e. The molecule has 5 aliphatic rings. The Morgan fingerprint density at radius 3 is 0.740 bits per heavy atom. The van der Waals surface area contributed by atoms with Gasteiger partial charge in [-0.05, 0) is 133 Å². The van der Waals surface area contributed by atoms with Crippen molar-refractivity contribution in [1.82, 2.24) is 29.4 Å². The minimum absolute atomic E-state index is 0.978. The van der Waals surface area contributed by atoms with Gasteiger partial charge in [0.25, 0.3) is 0 Å². The van der Waals surface area contributed by atoms with Crippen LogP contribution in [0.4, 0.5) is 0 Å². The number of hydrogen-bond acceptors (Lipinski definition) is 6. The van der Waals surface area contributed by atoms with Crippen molar-refractivity contribution in [2.45, 2.75) is 135 Å². The molecular formula is C44H100N6. The van der Waals surface area contributed by atoms with Crippen molar-refractivity contribution in [3.05, 3.63) is 23.3 Å². The van der Waals surface area contributed by atoms with Gasteiger partial charge in [-0.15, -0.1) is 0 Å². The second-order valence-corrected chi connectivity index (χ2v) is 13.7. The number of piperazine rings is 1. The average Bonchev–Trinajstić information content (AvgIpc) is 3.16. The molecule has 50 heavy (non-hydrogen) atoms. The first-order valence-electron chi connectivity index (χ1n) is 21.4. The summed E-state index contributed by atoms with van der Waals surface area (Å²) in [5.41, 5.74) is 3.09. The van der Waals surface area contributed by atoms with Crippen LogP contribution in [0, 0.1) is 11.8 Å². The van der Waals surface area contributed by atoms with Crippen molar-refractivity contribution in [3.63, 3.8) is 0 Å². The van der Waals surface area contributed by atoms with E-state index in [0.29, 0.717) is 0 Å². The lowest BCUT2D eigenvalue weighted by Gasteiger charge is -2.28. The number of likely N-dealkylation sites (tertiary alicyclic amines) is 2. The zero-order chi connectivity index (χ0) is 39.9. The standard InChI is InChI=1S/2C7H15N.2C7H13N.C6H14N2.5C2H6/c5*1-7-3-5-8(2)6-4-7;5*1-2/h2*7H,3-6H2,1-2H3;2*3H,4-6H2,1-2H3;3-6H2,1-2H3;5*1-2H3. The van der Waals surface area contributed by atoms with Crippen LogP contribution >= 0.6 is 0 Å². The van der Waals surface area contributed by atoms with Gasteiger partial charge in [-0.1, -0.05) is 106 Å². The van der Waals surface area contributed by atoms with Gasteiger partial charge in [0.2, 0.25) is 0 Å². The van der Waals surface area contributed by atoms with Crippen LogP contribution in [0.2, 0.25) is 0 Å². The third kappa shape index (κ3) is 41.7. The Morgan fingerprint density at radius 2 is 0.580 bits per heavy atom. The van der Waals surface area contributed by atoms with Crippen LogP contribution in [0.5, 0.6) is 0 Å². The van der Waals surface area contributed by atoms with Gasteiger partial charge in [-0.2, -0.15) is 0 Å². The maximum absolute atomic E-state index is 2.40. The lowest BCUT2D eigenvalue weighted by atomic mass is 10.00. The number of nitrogens with zero attached hydrogens (tertiary/aromatic N) is 6. The van der Waals surface area contributed by atoms with E-state index in [2.05, 4.69) is 112 Å². The summed E-state index contributed by atoms with van der Waals surface area (Å²) in [5.74, 6) is 1.96. The molecule has 0 N–H and O–H groups in total. The molecule has 0 unspecified atom stereocenters. The van der Waals surface area contributed by atoms with Crippen LogP contribution in [-0.2, 0) is 0 Å². The highest BCUT2D eigenvalue weighted by atomic mass is 15.2. The summed E-state index contributed by atoms with van der Waals surface area (Å²) in [6, 6.07) is 0. The second kappa shape index (κ2) is 44.4. The molecule has 6 nitrogen and oxygen atoms in total.